The van der Waals surface area contributed by atoms with Crippen molar-refractivity contribution < 1.29 is 28.8 Å². The third kappa shape index (κ3) is 12.8. The molecule has 0 saturated carbocycles. The predicted octanol–water partition coefficient (Wildman–Crippen LogP) is 0.785. The van der Waals surface area contributed by atoms with E-state index in [1.165, 1.54) is 0 Å². The Morgan fingerprint density at radius 3 is 2.24 bits per heavy atom. The number of rotatable bonds is 9. The van der Waals surface area contributed by atoms with Gasteiger partial charge in [0.1, 0.15) is 0 Å². The van der Waals surface area contributed by atoms with E-state index in [0.717, 1.165) is 45.6 Å². The van der Waals surface area contributed by atoms with Gasteiger partial charge in [0, 0.05) is 39.0 Å². The molecule has 0 amide bonds. The van der Waals surface area contributed by atoms with Gasteiger partial charge in [0.15, 0.2) is 0 Å². The lowest BCUT2D eigenvalue weighted by Gasteiger charge is -2.26. The number of hydrogen-bond donors (Lipinski definition) is 6. The minimum absolute atomic E-state index is 0.0506. The van der Waals surface area contributed by atoms with Crippen molar-refractivity contribution in [3.8, 4) is 0 Å². The molecule has 0 aromatic heterocycles. The van der Waals surface area contributed by atoms with Gasteiger partial charge in [-0.25, -0.2) is 0 Å². The molecule has 1 heterocycles. The van der Waals surface area contributed by atoms with E-state index in [0.29, 0.717) is 32.5 Å². The SMILES string of the molecule is O=C(O)CCCCC([P+](=O)O)P(=O)(O)CN1CCCNCCNCCCNCC1. The number of nitrogens with zero attached hydrogens (tertiary/aromatic N) is 1. The van der Waals surface area contributed by atoms with Crippen molar-refractivity contribution >= 4 is 21.4 Å². The lowest BCUT2D eigenvalue weighted by molar-refractivity contribution is -0.137. The zero-order chi connectivity index (χ0) is 21.5. The molecule has 1 rings (SSSR count). The lowest BCUT2D eigenvalue weighted by atomic mass is 10.2. The molecule has 0 aromatic carbocycles. The molecule has 3 atom stereocenters. The van der Waals surface area contributed by atoms with E-state index in [4.69, 9.17) is 5.11 Å². The van der Waals surface area contributed by atoms with E-state index in [9.17, 15) is 23.7 Å². The van der Waals surface area contributed by atoms with E-state index in [1.807, 2.05) is 4.90 Å². The second-order valence-corrected chi connectivity index (χ2v) is 11.4. The summed E-state index contributed by atoms with van der Waals surface area (Å²) in [5, 5.41) is 17.5. The molecule has 1 fully saturated rings. The smallest absolute Gasteiger partial charge is 0.481 e. The summed E-state index contributed by atoms with van der Waals surface area (Å²) in [7, 11) is -6.72. The minimum Gasteiger partial charge on any atom is -0.481 e. The fraction of sp³-hybridized carbons (Fsp3) is 0.941. The van der Waals surface area contributed by atoms with Crippen LogP contribution in [0, 0.1) is 0 Å². The van der Waals surface area contributed by atoms with Crippen LogP contribution in [0.1, 0.15) is 38.5 Å². The molecule has 10 nitrogen and oxygen atoms in total. The van der Waals surface area contributed by atoms with E-state index >= 15 is 0 Å². The van der Waals surface area contributed by atoms with Crippen LogP contribution in [0.3, 0.4) is 0 Å². The van der Waals surface area contributed by atoms with Crippen molar-refractivity contribution in [1.82, 2.24) is 20.9 Å². The van der Waals surface area contributed by atoms with Gasteiger partial charge in [-0.15, -0.1) is 0 Å². The molecule has 1 aliphatic heterocycles. The van der Waals surface area contributed by atoms with Gasteiger partial charge in [-0.05, 0) is 56.4 Å². The Morgan fingerprint density at radius 2 is 1.62 bits per heavy atom. The molecule has 0 bridgehead atoms. The van der Waals surface area contributed by atoms with Gasteiger partial charge in [-0.3, -0.25) is 14.3 Å². The third-order valence-electron chi connectivity index (χ3n) is 4.84. The first-order valence-corrected chi connectivity index (χ1v) is 13.6. The number of carboxylic acid groups (broad SMARTS) is 1. The Hall–Kier alpha value is -0.440. The fourth-order valence-electron chi connectivity index (χ4n) is 3.26. The second-order valence-electron chi connectivity index (χ2n) is 7.39. The van der Waals surface area contributed by atoms with Crippen molar-refractivity contribution in [2.75, 3.05) is 58.6 Å². The quantitative estimate of drug-likeness (QED) is 0.217. The monoisotopic (exact) mass is 455 g/mol. The first-order valence-electron chi connectivity index (χ1n) is 10.4. The molecule has 0 spiro atoms. The van der Waals surface area contributed by atoms with Gasteiger partial charge in [-0.1, -0.05) is 0 Å². The van der Waals surface area contributed by atoms with Gasteiger partial charge >= 0.3 is 14.0 Å². The van der Waals surface area contributed by atoms with E-state index in [1.54, 1.807) is 0 Å². The third-order valence-corrected chi connectivity index (χ3v) is 9.28. The first-order chi connectivity index (χ1) is 13.8. The zero-order valence-corrected chi connectivity index (χ0v) is 18.9. The Labute approximate surface area is 174 Å². The maximum absolute atomic E-state index is 12.9. The van der Waals surface area contributed by atoms with E-state index in [2.05, 4.69) is 16.0 Å². The maximum atomic E-state index is 12.9. The van der Waals surface area contributed by atoms with Crippen molar-refractivity contribution in [2.45, 2.75) is 43.9 Å². The molecule has 6 N–H and O–H groups in total. The standard InChI is InChI=1S/C17H36N4O6P2/c22-16(23)5-1-2-6-17(28(24)25)29(26,27)15-21-13-4-9-19-11-10-18-7-3-8-20-12-14-21/h17-20H,1-15H2,(H2-,22,23,24,25,26,27)/p+1. The summed E-state index contributed by atoms with van der Waals surface area (Å²) in [4.78, 5) is 32.7. The molecule has 1 aliphatic rings. The van der Waals surface area contributed by atoms with E-state index in [-0.39, 0.29) is 19.1 Å². The topological polar surface area (TPSA) is 151 Å². The van der Waals surface area contributed by atoms with Crippen molar-refractivity contribution in [1.29, 1.82) is 0 Å². The Bertz CT molecular complexity index is 526. The van der Waals surface area contributed by atoms with Crippen LogP contribution in [0.5, 0.6) is 0 Å². The second kappa shape index (κ2) is 15.4. The summed E-state index contributed by atoms with van der Waals surface area (Å²) < 4.78 is 24.7. The van der Waals surface area contributed by atoms with Crippen LogP contribution in [0.25, 0.3) is 0 Å². The molecule has 12 heteroatoms. The van der Waals surface area contributed by atoms with Gasteiger partial charge in [-0.2, -0.15) is 4.89 Å². The molecule has 1 saturated heterocycles. The highest BCUT2D eigenvalue weighted by atomic mass is 31.2. The number of hydrogen-bond acceptors (Lipinski definition) is 7. The average molecular weight is 455 g/mol. The summed E-state index contributed by atoms with van der Waals surface area (Å²) in [6.07, 6.45) is 2.38. The molecule has 3 unspecified atom stereocenters. The highest BCUT2D eigenvalue weighted by molar-refractivity contribution is 7.69. The predicted molar refractivity (Wildman–Crippen MR) is 114 cm³/mol. The number of carboxylic acids is 1. The summed E-state index contributed by atoms with van der Waals surface area (Å²) in [5.41, 5.74) is 0. The van der Waals surface area contributed by atoms with Crippen LogP contribution in [0.4, 0.5) is 0 Å². The lowest BCUT2D eigenvalue weighted by Crippen LogP contribution is -2.37. The fourth-order valence-corrected chi connectivity index (χ4v) is 6.75. The highest BCUT2D eigenvalue weighted by Crippen LogP contribution is 2.57. The molecule has 0 radical (unpaired) electrons. The number of carbonyl (C=O) groups is 1. The normalized spacial score (nSPS) is 22.2. The molecular weight excluding hydrogens is 418 g/mol. The van der Waals surface area contributed by atoms with Gasteiger partial charge < -0.3 is 26.0 Å². The largest absolute Gasteiger partial charge is 0.519 e. The number of unbranched alkanes of at least 4 members (excludes halogenated alkanes) is 1. The summed E-state index contributed by atoms with van der Waals surface area (Å²) in [6, 6.07) is 0. The summed E-state index contributed by atoms with van der Waals surface area (Å²) in [6.45, 7) is 6.28. The van der Waals surface area contributed by atoms with Gasteiger partial charge in [0.05, 0.1) is 6.29 Å². The molecule has 170 valence electrons. The van der Waals surface area contributed by atoms with Crippen LogP contribution in [0.2, 0.25) is 0 Å². The summed E-state index contributed by atoms with van der Waals surface area (Å²) in [5.74, 6) is -0.940. The van der Waals surface area contributed by atoms with Crippen LogP contribution < -0.4 is 16.0 Å². The molecule has 29 heavy (non-hydrogen) atoms. The van der Waals surface area contributed by atoms with Crippen LogP contribution in [-0.2, 0) is 13.9 Å². The molecular formula is C17H37N4O6P2+. The zero-order valence-electron chi connectivity index (χ0n) is 17.1. The molecule has 0 aromatic rings. The first kappa shape index (κ1) is 26.6. The van der Waals surface area contributed by atoms with Crippen molar-refractivity contribution in [3.05, 3.63) is 0 Å². The molecule has 0 aliphatic carbocycles. The van der Waals surface area contributed by atoms with E-state index < -0.39 is 26.8 Å². The van der Waals surface area contributed by atoms with Crippen molar-refractivity contribution in [2.24, 2.45) is 0 Å². The minimum atomic E-state index is -3.90. The van der Waals surface area contributed by atoms with Gasteiger partial charge in [0.2, 0.25) is 0 Å². The Balaban J connectivity index is 2.62. The Morgan fingerprint density at radius 1 is 1.00 bits per heavy atom. The summed E-state index contributed by atoms with van der Waals surface area (Å²) >= 11 is 0. The highest BCUT2D eigenvalue weighted by Gasteiger charge is 2.46. The van der Waals surface area contributed by atoms with Gasteiger partial charge in [0.25, 0.3) is 12.8 Å². The van der Waals surface area contributed by atoms with Crippen LogP contribution in [0.15, 0.2) is 0 Å². The van der Waals surface area contributed by atoms with Crippen molar-refractivity contribution in [3.63, 3.8) is 0 Å². The van der Waals surface area contributed by atoms with Crippen LogP contribution >= 0.6 is 15.4 Å². The number of aliphatic carboxylic acids is 1. The average Bonchev–Trinajstić information content (AvgIpc) is 2.63. The number of nitrogens with one attached hydrogen (secondary N) is 3. The van der Waals surface area contributed by atoms with Crippen LogP contribution in [-0.4, -0.2) is 89.8 Å². The maximum Gasteiger partial charge on any atom is 0.519 e. The Kier molecular flexibility index (Phi) is 14.1.